The topological polar surface area (TPSA) is 0 Å². The number of rotatable bonds is 4. The molecule has 52 valence electrons. The molecule has 0 bridgehead atoms. The maximum Gasteiger partial charge on any atom is 0.0277 e. The number of alkyl halides is 1. The van der Waals surface area contributed by atoms with Crippen molar-refractivity contribution in [2.45, 2.75) is 19.8 Å². The van der Waals surface area contributed by atoms with Crippen molar-refractivity contribution < 1.29 is 0 Å². The normalized spacial score (nSPS) is 10.4. The Morgan fingerprint density at radius 2 is 2.33 bits per heavy atom. The maximum absolute atomic E-state index is 3.81. The smallest absolute Gasteiger partial charge is 0.0277 e. The fraction of sp³-hybridized carbons (Fsp3) is 0.500. The van der Waals surface area contributed by atoms with Gasteiger partial charge >= 0.3 is 0 Å². The molecule has 0 spiro atoms. The summed E-state index contributed by atoms with van der Waals surface area (Å²) in [5.74, 6) is 0. The van der Waals surface area contributed by atoms with Crippen molar-refractivity contribution in [2.24, 2.45) is 0 Å². The zero-order valence-electron chi connectivity index (χ0n) is 5.86. The van der Waals surface area contributed by atoms with Crippen LogP contribution >= 0.6 is 15.9 Å². The van der Waals surface area contributed by atoms with Gasteiger partial charge in [0.1, 0.15) is 0 Å². The summed E-state index contributed by atoms with van der Waals surface area (Å²) in [7, 11) is 0. The highest BCUT2D eigenvalue weighted by molar-refractivity contribution is 9.09. The molecule has 0 saturated heterocycles. The Morgan fingerprint density at radius 1 is 1.67 bits per heavy atom. The van der Waals surface area contributed by atoms with Crippen molar-refractivity contribution in [3.8, 4) is 0 Å². The first-order valence-corrected chi connectivity index (χ1v) is 4.33. The molecular formula is C8H13Br. The third kappa shape index (κ3) is 5.84. The molecule has 0 aliphatic rings. The van der Waals surface area contributed by atoms with Crippen molar-refractivity contribution in [1.82, 2.24) is 0 Å². The van der Waals surface area contributed by atoms with Crippen LogP contribution in [0.4, 0.5) is 0 Å². The fourth-order valence-electron chi connectivity index (χ4n) is 0.461. The van der Waals surface area contributed by atoms with Crippen LogP contribution in [-0.2, 0) is 0 Å². The molecule has 0 heterocycles. The average molecular weight is 189 g/mol. The van der Waals surface area contributed by atoms with Crippen LogP contribution in [0, 0.1) is 0 Å². The first-order valence-electron chi connectivity index (χ1n) is 3.21. The average Bonchev–Trinajstić information content (AvgIpc) is 1.89. The van der Waals surface area contributed by atoms with Gasteiger partial charge in [0.2, 0.25) is 0 Å². The number of halogens is 1. The minimum atomic E-state index is 0.882. The Kier molecular flexibility index (Phi) is 6.06. The number of allylic oxidation sites excluding steroid dienone is 3. The summed E-state index contributed by atoms with van der Waals surface area (Å²) in [5, 5.41) is 0.882. The van der Waals surface area contributed by atoms with Crippen LogP contribution in [0.15, 0.2) is 24.3 Å². The van der Waals surface area contributed by atoms with Gasteiger partial charge in [-0.1, -0.05) is 48.0 Å². The van der Waals surface area contributed by atoms with E-state index in [1.54, 1.807) is 0 Å². The molecule has 0 radical (unpaired) electrons. The van der Waals surface area contributed by atoms with E-state index in [1.165, 1.54) is 6.42 Å². The standard InChI is InChI=1S/C8H13Br/c1-3-4-5-6-8(2)7-9/h5-6H,2-4,7H2,1H3/b6-5+. The van der Waals surface area contributed by atoms with E-state index in [4.69, 9.17) is 0 Å². The molecule has 0 aromatic rings. The zero-order valence-corrected chi connectivity index (χ0v) is 7.45. The van der Waals surface area contributed by atoms with Crippen LogP contribution in [0.2, 0.25) is 0 Å². The van der Waals surface area contributed by atoms with Gasteiger partial charge in [-0.2, -0.15) is 0 Å². The van der Waals surface area contributed by atoms with Crippen molar-refractivity contribution in [2.75, 3.05) is 5.33 Å². The van der Waals surface area contributed by atoms with Gasteiger partial charge in [-0.25, -0.2) is 0 Å². The number of unbranched alkanes of at least 4 members (excludes halogenated alkanes) is 1. The molecule has 0 aromatic heterocycles. The Hall–Kier alpha value is -0.0400. The maximum atomic E-state index is 3.81. The van der Waals surface area contributed by atoms with E-state index in [0.717, 1.165) is 17.3 Å². The van der Waals surface area contributed by atoms with Crippen molar-refractivity contribution >= 4 is 15.9 Å². The lowest BCUT2D eigenvalue weighted by Gasteiger charge is -1.88. The third-order valence-corrected chi connectivity index (χ3v) is 1.70. The summed E-state index contributed by atoms with van der Waals surface area (Å²) < 4.78 is 0. The molecule has 0 aliphatic carbocycles. The number of hydrogen-bond acceptors (Lipinski definition) is 0. The molecule has 0 fully saturated rings. The molecule has 0 amide bonds. The van der Waals surface area contributed by atoms with Crippen molar-refractivity contribution in [1.29, 1.82) is 0 Å². The molecule has 0 N–H and O–H groups in total. The lowest BCUT2D eigenvalue weighted by Crippen LogP contribution is -1.72. The van der Waals surface area contributed by atoms with Gasteiger partial charge in [0.15, 0.2) is 0 Å². The second-order valence-corrected chi connectivity index (χ2v) is 2.54. The van der Waals surface area contributed by atoms with Crippen LogP contribution in [-0.4, -0.2) is 5.33 Å². The van der Waals surface area contributed by atoms with Gasteiger partial charge in [0.05, 0.1) is 0 Å². The highest BCUT2D eigenvalue weighted by atomic mass is 79.9. The van der Waals surface area contributed by atoms with E-state index in [1.807, 2.05) is 0 Å². The van der Waals surface area contributed by atoms with Gasteiger partial charge < -0.3 is 0 Å². The van der Waals surface area contributed by atoms with Gasteiger partial charge in [-0.3, -0.25) is 0 Å². The van der Waals surface area contributed by atoms with Gasteiger partial charge in [0.25, 0.3) is 0 Å². The van der Waals surface area contributed by atoms with Gasteiger partial charge in [0, 0.05) is 5.33 Å². The predicted molar refractivity (Wildman–Crippen MR) is 47.0 cm³/mol. The summed E-state index contributed by atoms with van der Waals surface area (Å²) >= 11 is 3.32. The number of hydrogen-bond donors (Lipinski definition) is 0. The quantitative estimate of drug-likeness (QED) is 0.470. The highest BCUT2D eigenvalue weighted by Gasteiger charge is 1.80. The summed E-state index contributed by atoms with van der Waals surface area (Å²) in [6.07, 6.45) is 6.60. The van der Waals surface area contributed by atoms with Crippen LogP contribution in [0.25, 0.3) is 0 Å². The molecule has 1 heteroatoms. The molecule has 0 rings (SSSR count). The van der Waals surface area contributed by atoms with E-state index >= 15 is 0 Å². The monoisotopic (exact) mass is 188 g/mol. The summed E-state index contributed by atoms with van der Waals surface area (Å²) in [6.45, 7) is 5.98. The van der Waals surface area contributed by atoms with E-state index in [9.17, 15) is 0 Å². The summed E-state index contributed by atoms with van der Waals surface area (Å²) in [4.78, 5) is 0. The SMILES string of the molecule is C=C(/C=C/CCC)CBr. The molecule has 0 unspecified atom stereocenters. The molecular weight excluding hydrogens is 176 g/mol. The first kappa shape index (κ1) is 8.96. The van der Waals surface area contributed by atoms with Crippen molar-refractivity contribution in [3.05, 3.63) is 24.3 Å². The van der Waals surface area contributed by atoms with Crippen LogP contribution in [0.1, 0.15) is 19.8 Å². The van der Waals surface area contributed by atoms with Crippen LogP contribution in [0.5, 0.6) is 0 Å². The van der Waals surface area contributed by atoms with Crippen molar-refractivity contribution in [3.63, 3.8) is 0 Å². The lowest BCUT2D eigenvalue weighted by molar-refractivity contribution is 0.958. The third-order valence-electron chi connectivity index (χ3n) is 0.981. The minimum Gasteiger partial charge on any atom is -0.0950 e. The zero-order chi connectivity index (χ0) is 7.11. The second-order valence-electron chi connectivity index (χ2n) is 1.98. The van der Waals surface area contributed by atoms with Crippen LogP contribution in [0.3, 0.4) is 0 Å². The molecule has 0 saturated carbocycles. The van der Waals surface area contributed by atoms with E-state index < -0.39 is 0 Å². The van der Waals surface area contributed by atoms with Gasteiger partial charge in [-0.05, 0) is 12.0 Å². The fourth-order valence-corrected chi connectivity index (χ4v) is 0.648. The summed E-state index contributed by atoms with van der Waals surface area (Å²) in [5.41, 5.74) is 1.14. The Bertz CT molecular complexity index is 103. The Morgan fingerprint density at radius 3 is 2.78 bits per heavy atom. The lowest BCUT2D eigenvalue weighted by atomic mass is 10.2. The summed E-state index contributed by atoms with van der Waals surface area (Å²) in [6, 6.07) is 0. The van der Waals surface area contributed by atoms with Crippen LogP contribution < -0.4 is 0 Å². The van der Waals surface area contributed by atoms with E-state index in [2.05, 4.69) is 41.6 Å². The van der Waals surface area contributed by atoms with Gasteiger partial charge in [-0.15, -0.1) is 0 Å². The Balaban J connectivity index is 3.32. The minimum absolute atomic E-state index is 0.882. The predicted octanol–water partition coefficient (Wildman–Crippen LogP) is 3.29. The molecule has 0 atom stereocenters. The molecule has 9 heavy (non-hydrogen) atoms. The van der Waals surface area contributed by atoms with E-state index in [-0.39, 0.29) is 0 Å². The molecule has 0 aromatic carbocycles. The largest absolute Gasteiger partial charge is 0.0950 e. The van der Waals surface area contributed by atoms with E-state index in [0.29, 0.717) is 0 Å². The molecule has 0 aliphatic heterocycles. The highest BCUT2D eigenvalue weighted by Crippen LogP contribution is 1.99. The molecule has 0 nitrogen and oxygen atoms in total. The first-order chi connectivity index (χ1) is 4.31. The second kappa shape index (κ2) is 6.09. The Labute approximate surface area is 65.8 Å².